The van der Waals surface area contributed by atoms with Crippen LogP contribution in [0.5, 0.6) is 5.75 Å². The summed E-state index contributed by atoms with van der Waals surface area (Å²) in [4.78, 5) is 21.0. The Balaban J connectivity index is 1.98. The second kappa shape index (κ2) is 7.40. The highest BCUT2D eigenvalue weighted by Crippen LogP contribution is 2.38. The number of anilines is 1. The van der Waals surface area contributed by atoms with Gasteiger partial charge in [-0.3, -0.25) is 4.79 Å². The number of benzene rings is 1. The van der Waals surface area contributed by atoms with E-state index in [2.05, 4.69) is 9.97 Å². The summed E-state index contributed by atoms with van der Waals surface area (Å²) in [5, 5.41) is 0. The van der Waals surface area contributed by atoms with E-state index < -0.39 is 0 Å². The van der Waals surface area contributed by atoms with Gasteiger partial charge in [0.1, 0.15) is 11.6 Å². The summed E-state index contributed by atoms with van der Waals surface area (Å²) in [5.74, 6) is 0.209. The summed E-state index contributed by atoms with van der Waals surface area (Å²) in [7, 11) is 0. The lowest BCUT2D eigenvalue weighted by Crippen LogP contribution is -2.24. The number of hydrogen-bond donors (Lipinski definition) is 1. The van der Waals surface area contributed by atoms with Gasteiger partial charge in [-0.25, -0.2) is 14.4 Å². The van der Waals surface area contributed by atoms with Crippen LogP contribution in [0.2, 0.25) is 0 Å². The number of halogens is 1. The van der Waals surface area contributed by atoms with E-state index in [4.69, 9.17) is 10.5 Å². The number of carbonyl (C=O) groups is 1. The van der Waals surface area contributed by atoms with Crippen molar-refractivity contribution in [2.24, 2.45) is 0 Å². The minimum Gasteiger partial charge on any atom is -0.490 e. The number of nitrogens with two attached hydrogens (primary N) is 1. The van der Waals surface area contributed by atoms with Crippen molar-refractivity contribution >= 4 is 11.7 Å². The fourth-order valence-electron chi connectivity index (χ4n) is 3.60. The summed E-state index contributed by atoms with van der Waals surface area (Å²) in [6.45, 7) is 5.85. The molecule has 1 atom stereocenters. The Hall–Kier alpha value is -2.50. The van der Waals surface area contributed by atoms with Crippen LogP contribution in [0.4, 0.5) is 10.3 Å². The summed E-state index contributed by atoms with van der Waals surface area (Å²) >= 11 is 0. The second-order valence-electron chi connectivity index (χ2n) is 6.76. The first-order valence-electron chi connectivity index (χ1n) is 9.05. The maximum atomic E-state index is 13.8. The van der Waals surface area contributed by atoms with Crippen molar-refractivity contribution in [1.29, 1.82) is 0 Å². The number of nitrogen functional groups attached to an aromatic ring is 1. The molecule has 1 aliphatic rings. The second-order valence-corrected chi connectivity index (χ2v) is 6.76. The Bertz CT molecular complexity index is 834. The van der Waals surface area contributed by atoms with Crippen LogP contribution < -0.4 is 10.5 Å². The molecule has 1 unspecified atom stereocenters. The van der Waals surface area contributed by atoms with Crippen LogP contribution in [0.25, 0.3) is 0 Å². The highest BCUT2D eigenvalue weighted by Gasteiger charge is 2.31. The molecule has 1 aromatic heterocycles. The molecule has 1 heterocycles. The first-order chi connectivity index (χ1) is 12.4. The van der Waals surface area contributed by atoms with E-state index in [-0.39, 0.29) is 29.6 Å². The molecule has 0 amide bonds. The molecule has 0 radical (unpaired) electrons. The molecule has 5 nitrogen and oxygen atoms in total. The molecule has 2 aromatic rings. The SMILES string of the molecule is CCC(CC)Oc1cc(F)ccc1C1CC(=O)c2c(C)nc(N)nc2C1. The minimum absolute atomic E-state index is 0.00782. The maximum Gasteiger partial charge on any atom is 0.220 e. The van der Waals surface area contributed by atoms with Crippen LogP contribution in [0.3, 0.4) is 0 Å². The van der Waals surface area contributed by atoms with Gasteiger partial charge in [0, 0.05) is 18.4 Å². The smallest absolute Gasteiger partial charge is 0.220 e. The largest absolute Gasteiger partial charge is 0.490 e. The monoisotopic (exact) mass is 357 g/mol. The quantitative estimate of drug-likeness (QED) is 0.875. The van der Waals surface area contributed by atoms with Gasteiger partial charge in [0.2, 0.25) is 5.95 Å². The number of aryl methyl sites for hydroxylation is 1. The van der Waals surface area contributed by atoms with Crippen molar-refractivity contribution < 1.29 is 13.9 Å². The topological polar surface area (TPSA) is 78.1 Å². The number of ether oxygens (including phenoxy) is 1. The molecule has 0 saturated heterocycles. The molecule has 1 aromatic carbocycles. The molecule has 3 rings (SSSR count). The van der Waals surface area contributed by atoms with Crippen molar-refractivity contribution in [2.75, 3.05) is 5.73 Å². The predicted octanol–water partition coefficient (Wildman–Crippen LogP) is 3.99. The van der Waals surface area contributed by atoms with Gasteiger partial charge in [0.15, 0.2) is 5.78 Å². The number of Topliss-reactive ketones (excluding diaryl/α,β-unsaturated/α-hetero) is 1. The first-order valence-corrected chi connectivity index (χ1v) is 9.05. The number of aromatic nitrogens is 2. The van der Waals surface area contributed by atoms with Crippen LogP contribution in [0.15, 0.2) is 18.2 Å². The number of carbonyl (C=O) groups excluding carboxylic acids is 1. The number of fused-ring (bicyclic) bond motifs is 1. The molecule has 138 valence electrons. The van der Waals surface area contributed by atoms with Crippen LogP contribution in [0, 0.1) is 12.7 Å². The molecule has 6 heteroatoms. The molecule has 0 aliphatic heterocycles. The van der Waals surface area contributed by atoms with E-state index in [1.54, 1.807) is 13.0 Å². The Labute approximate surface area is 152 Å². The Morgan fingerprint density at radius 2 is 2.00 bits per heavy atom. The Morgan fingerprint density at radius 3 is 2.69 bits per heavy atom. The average molecular weight is 357 g/mol. The molecule has 0 fully saturated rings. The molecular formula is C20H24FN3O2. The first kappa shape index (κ1) is 18.3. The van der Waals surface area contributed by atoms with Gasteiger partial charge in [0.25, 0.3) is 0 Å². The maximum absolute atomic E-state index is 13.8. The van der Waals surface area contributed by atoms with E-state index in [1.807, 2.05) is 13.8 Å². The fraction of sp³-hybridized carbons (Fsp3) is 0.450. The van der Waals surface area contributed by atoms with Crippen LogP contribution in [-0.4, -0.2) is 21.9 Å². The van der Waals surface area contributed by atoms with E-state index >= 15 is 0 Å². The fourth-order valence-corrected chi connectivity index (χ4v) is 3.60. The zero-order chi connectivity index (χ0) is 18.8. The normalized spacial score (nSPS) is 16.7. The number of nitrogens with zero attached hydrogens (tertiary/aromatic N) is 2. The van der Waals surface area contributed by atoms with Crippen molar-refractivity contribution in [3.8, 4) is 5.75 Å². The summed E-state index contributed by atoms with van der Waals surface area (Å²) in [6.07, 6.45) is 2.57. The molecule has 1 aliphatic carbocycles. The van der Waals surface area contributed by atoms with E-state index in [0.29, 0.717) is 35.5 Å². The minimum atomic E-state index is -0.348. The van der Waals surface area contributed by atoms with Crippen LogP contribution in [-0.2, 0) is 6.42 Å². The number of rotatable bonds is 5. The summed E-state index contributed by atoms with van der Waals surface area (Å²) < 4.78 is 19.9. The van der Waals surface area contributed by atoms with Crippen molar-refractivity contribution in [3.63, 3.8) is 0 Å². The summed E-state index contributed by atoms with van der Waals surface area (Å²) in [6, 6.07) is 4.54. The van der Waals surface area contributed by atoms with Crippen LogP contribution >= 0.6 is 0 Å². The van der Waals surface area contributed by atoms with Crippen molar-refractivity contribution in [3.05, 3.63) is 46.5 Å². The Morgan fingerprint density at radius 1 is 1.27 bits per heavy atom. The zero-order valence-electron chi connectivity index (χ0n) is 15.4. The molecule has 2 N–H and O–H groups in total. The van der Waals surface area contributed by atoms with Gasteiger partial charge in [0.05, 0.1) is 23.1 Å². The summed E-state index contributed by atoms with van der Waals surface area (Å²) in [5.41, 5.74) is 8.44. The van der Waals surface area contributed by atoms with Gasteiger partial charge < -0.3 is 10.5 Å². The predicted molar refractivity (Wildman–Crippen MR) is 98.0 cm³/mol. The lowest BCUT2D eigenvalue weighted by Gasteiger charge is -2.27. The van der Waals surface area contributed by atoms with Gasteiger partial charge in [-0.1, -0.05) is 19.9 Å². The standard InChI is InChI=1S/C20H24FN3O2/c1-4-14(5-2)26-18-10-13(21)6-7-15(18)12-8-16-19(17(25)9-12)11(3)23-20(22)24-16/h6-7,10,12,14H,4-5,8-9H2,1-3H3,(H2,22,23,24). The average Bonchev–Trinajstić information content (AvgIpc) is 2.58. The lowest BCUT2D eigenvalue weighted by molar-refractivity contribution is 0.0961. The van der Waals surface area contributed by atoms with E-state index in [9.17, 15) is 9.18 Å². The van der Waals surface area contributed by atoms with Crippen LogP contribution in [0.1, 0.15) is 66.3 Å². The van der Waals surface area contributed by atoms with Gasteiger partial charge >= 0.3 is 0 Å². The third-order valence-electron chi connectivity index (χ3n) is 4.95. The molecule has 0 bridgehead atoms. The van der Waals surface area contributed by atoms with Crippen molar-refractivity contribution in [1.82, 2.24) is 9.97 Å². The lowest BCUT2D eigenvalue weighted by atomic mass is 9.81. The third kappa shape index (κ3) is 3.54. The number of hydrogen-bond acceptors (Lipinski definition) is 5. The van der Waals surface area contributed by atoms with E-state index in [0.717, 1.165) is 18.4 Å². The number of ketones is 1. The van der Waals surface area contributed by atoms with Crippen molar-refractivity contribution in [2.45, 2.75) is 58.5 Å². The Kier molecular flexibility index (Phi) is 5.20. The van der Waals surface area contributed by atoms with Gasteiger partial charge in [-0.15, -0.1) is 0 Å². The zero-order valence-corrected chi connectivity index (χ0v) is 15.4. The van der Waals surface area contributed by atoms with E-state index in [1.165, 1.54) is 12.1 Å². The van der Waals surface area contributed by atoms with Gasteiger partial charge in [-0.2, -0.15) is 0 Å². The highest BCUT2D eigenvalue weighted by molar-refractivity contribution is 5.99. The molecular weight excluding hydrogens is 333 g/mol. The molecule has 0 spiro atoms. The highest BCUT2D eigenvalue weighted by atomic mass is 19.1. The van der Waals surface area contributed by atoms with Gasteiger partial charge in [-0.05, 0) is 37.8 Å². The molecule has 26 heavy (non-hydrogen) atoms. The molecule has 0 saturated carbocycles. The third-order valence-corrected chi connectivity index (χ3v) is 4.95.